The second-order valence-electron chi connectivity index (χ2n) is 10.7. The van der Waals surface area contributed by atoms with Gasteiger partial charge in [-0.15, -0.1) is 36.2 Å². The number of aromatic nitrogens is 4. The predicted molar refractivity (Wildman–Crippen MR) is 161 cm³/mol. The fraction of sp³-hybridized carbons (Fsp3) is 0.640. The van der Waals surface area contributed by atoms with Crippen molar-refractivity contribution in [3.63, 3.8) is 0 Å². The summed E-state index contributed by atoms with van der Waals surface area (Å²) in [6, 6.07) is 4.61. The number of anilines is 2. The summed E-state index contributed by atoms with van der Waals surface area (Å²) < 4.78 is 30.1. The Balaban J connectivity index is 0.00000176. The summed E-state index contributed by atoms with van der Waals surface area (Å²) in [6.07, 6.45) is 12.2. The highest BCUT2D eigenvalue weighted by Gasteiger charge is 2.31. The number of halogens is 2. The second-order valence-corrected chi connectivity index (χ2v) is 13.8. The summed E-state index contributed by atoms with van der Waals surface area (Å²) >= 11 is 1.27. The molecule has 0 unspecified atom stereocenters. The molecule has 39 heavy (non-hydrogen) atoms. The molecule has 4 heterocycles. The highest BCUT2D eigenvalue weighted by Crippen LogP contribution is 2.34. The van der Waals surface area contributed by atoms with Crippen LogP contribution in [0.2, 0.25) is 0 Å². The summed E-state index contributed by atoms with van der Waals surface area (Å²) in [7, 11) is -3.42. The standard InChI is InChI=1S/C25H36N8O2S2.2ClH/c26-17-7-9-18(10-8-17)29-25-30-23(22-24(31-25)33(16-27-22)20-4-1-2-5-20)28-19-11-13-32(14-12-19)37(34,35)21-6-3-15-36-21;;/h3,6,15-20H,1-2,4-5,7-14,26H2,(H2,28,29,30,31);2*1H. The third kappa shape index (κ3) is 6.46. The minimum atomic E-state index is -3.42. The number of fused-ring (bicyclic) bond motifs is 1. The minimum absolute atomic E-state index is 0. The molecular formula is C25H38Cl2N8O2S2. The van der Waals surface area contributed by atoms with Gasteiger partial charge < -0.3 is 20.9 Å². The van der Waals surface area contributed by atoms with E-state index in [1.54, 1.807) is 21.8 Å². The molecule has 3 fully saturated rings. The largest absolute Gasteiger partial charge is 0.365 e. The molecule has 216 valence electrons. The van der Waals surface area contributed by atoms with Crippen molar-refractivity contribution in [2.45, 2.75) is 92.6 Å². The summed E-state index contributed by atoms with van der Waals surface area (Å²) in [5.74, 6) is 1.37. The number of sulfonamides is 1. The molecule has 3 aromatic heterocycles. The zero-order valence-electron chi connectivity index (χ0n) is 21.9. The number of nitrogens with zero attached hydrogens (tertiary/aromatic N) is 5. The molecular weight excluding hydrogens is 579 g/mol. The van der Waals surface area contributed by atoms with Crippen molar-refractivity contribution < 1.29 is 8.42 Å². The Hall–Kier alpha value is -1.70. The number of hydrogen-bond acceptors (Lipinski definition) is 9. The van der Waals surface area contributed by atoms with E-state index in [0.717, 1.165) is 55.5 Å². The van der Waals surface area contributed by atoms with E-state index < -0.39 is 10.0 Å². The lowest BCUT2D eigenvalue weighted by Crippen LogP contribution is -2.42. The molecule has 0 amide bonds. The van der Waals surface area contributed by atoms with Crippen LogP contribution >= 0.6 is 36.2 Å². The molecule has 2 aliphatic carbocycles. The monoisotopic (exact) mass is 616 g/mol. The molecule has 3 aromatic rings. The van der Waals surface area contributed by atoms with Crippen LogP contribution in [0, 0.1) is 0 Å². The average molecular weight is 618 g/mol. The third-order valence-electron chi connectivity index (χ3n) is 8.13. The van der Waals surface area contributed by atoms with E-state index in [1.807, 2.05) is 6.33 Å². The molecule has 0 aromatic carbocycles. The van der Waals surface area contributed by atoms with E-state index in [9.17, 15) is 8.42 Å². The van der Waals surface area contributed by atoms with Crippen LogP contribution in [-0.4, -0.2) is 63.5 Å². The van der Waals surface area contributed by atoms with Crippen molar-refractivity contribution in [1.82, 2.24) is 23.8 Å². The smallest absolute Gasteiger partial charge is 0.252 e. The van der Waals surface area contributed by atoms with Gasteiger partial charge in [0.15, 0.2) is 17.0 Å². The Kier molecular flexibility index (Phi) is 9.98. The van der Waals surface area contributed by atoms with E-state index in [-0.39, 0.29) is 36.9 Å². The molecule has 6 rings (SSSR count). The van der Waals surface area contributed by atoms with Crippen LogP contribution in [0.1, 0.15) is 70.3 Å². The van der Waals surface area contributed by atoms with Crippen molar-refractivity contribution in [3.8, 4) is 0 Å². The number of nitrogens with two attached hydrogens (primary N) is 1. The summed E-state index contributed by atoms with van der Waals surface area (Å²) in [5, 5.41) is 8.99. The first-order valence-corrected chi connectivity index (χ1v) is 15.9. The minimum Gasteiger partial charge on any atom is -0.365 e. The van der Waals surface area contributed by atoms with Crippen LogP contribution in [0.25, 0.3) is 11.2 Å². The Labute approximate surface area is 246 Å². The Morgan fingerprint density at radius 1 is 0.923 bits per heavy atom. The average Bonchev–Trinajstić information content (AvgIpc) is 3.67. The fourth-order valence-electron chi connectivity index (χ4n) is 5.95. The lowest BCUT2D eigenvalue weighted by molar-refractivity contribution is 0.330. The Bertz CT molecular complexity index is 1320. The topological polar surface area (TPSA) is 131 Å². The number of imidazole rings is 1. The molecule has 3 aliphatic rings. The number of thiophene rings is 1. The van der Waals surface area contributed by atoms with Gasteiger partial charge in [-0.2, -0.15) is 14.3 Å². The molecule has 2 saturated carbocycles. The summed E-state index contributed by atoms with van der Waals surface area (Å²) in [4.78, 5) is 14.6. The Morgan fingerprint density at radius 2 is 1.62 bits per heavy atom. The van der Waals surface area contributed by atoms with Crippen LogP contribution in [-0.2, 0) is 10.0 Å². The van der Waals surface area contributed by atoms with Crippen LogP contribution < -0.4 is 16.4 Å². The third-order valence-corrected chi connectivity index (χ3v) is 11.4. The SMILES string of the molecule is Cl.Cl.NC1CCC(Nc2nc(NC3CCN(S(=O)(=O)c4cccs4)CC3)c3ncn(C4CCCC4)c3n2)CC1. The maximum Gasteiger partial charge on any atom is 0.252 e. The number of nitrogens with one attached hydrogen (secondary N) is 2. The first kappa shape index (κ1) is 30.3. The van der Waals surface area contributed by atoms with Crippen molar-refractivity contribution >= 4 is 69.1 Å². The van der Waals surface area contributed by atoms with Crippen molar-refractivity contribution in [2.75, 3.05) is 23.7 Å². The van der Waals surface area contributed by atoms with Crippen LogP contribution in [0.5, 0.6) is 0 Å². The molecule has 14 heteroatoms. The molecule has 0 radical (unpaired) electrons. The lowest BCUT2D eigenvalue weighted by atomic mass is 9.92. The maximum atomic E-state index is 12.9. The molecule has 4 N–H and O–H groups in total. The molecule has 0 bridgehead atoms. The quantitative estimate of drug-likeness (QED) is 0.345. The first-order valence-electron chi connectivity index (χ1n) is 13.5. The number of hydrogen-bond donors (Lipinski definition) is 3. The molecule has 0 spiro atoms. The summed E-state index contributed by atoms with van der Waals surface area (Å²) in [5.41, 5.74) is 7.77. The number of piperidine rings is 1. The van der Waals surface area contributed by atoms with Gasteiger partial charge in [0.05, 0.1) is 6.33 Å². The predicted octanol–water partition coefficient (Wildman–Crippen LogP) is 4.79. The van der Waals surface area contributed by atoms with Gasteiger partial charge in [-0.1, -0.05) is 18.9 Å². The molecule has 1 saturated heterocycles. The van der Waals surface area contributed by atoms with E-state index in [1.165, 1.54) is 24.2 Å². The van der Waals surface area contributed by atoms with Gasteiger partial charge in [-0.25, -0.2) is 13.4 Å². The van der Waals surface area contributed by atoms with Gasteiger partial charge in [0.1, 0.15) is 4.21 Å². The van der Waals surface area contributed by atoms with Gasteiger partial charge in [0.25, 0.3) is 10.0 Å². The normalized spacial score (nSPS) is 23.3. The second kappa shape index (κ2) is 12.9. The molecule has 0 atom stereocenters. The first-order chi connectivity index (χ1) is 18.0. The van der Waals surface area contributed by atoms with E-state index >= 15 is 0 Å². The summed E-state index contributed by atoms with van der Waals surface area (Å²) in [6.45, 7) is 0.964. The number of rotatable bonds is 7. The van der Waals surface area contributed by atoms with Crippen LogP contribution in [0.3, 0.4) is 0 Å². The van der Waals surface area contributed by atoms with Crippen LogP contribution in [0.4, 0.5) is 11.8 Å². The van der Waals surface area contributed by atoms with E-state index in [0.29, 0.717) is 48.2 Å². The lowest BCUT2D eigenvalue weighted by Gasteiger charge is -2.31. The molecule has 10 nitrogen and oxygen atoms in total. The van der Waals surface area contributed by atoms with E-state index in [2.05, 4.69) is 15.2 Å². The molecule has 1 aliphatic heterocycles. The highest BCUT2D eigenvalue weighted by molar-refractivity contribution is 7.91. The maximum absolute atomic E-state index is 12.9. The van der Waals surface area contributed by atoms with Gasteiger partial charge in [0, 0.05) is 37.3 Å². The van der Waals surface area contributed by atoms with Crippen molar-refractivity contribution in [2.24, 2.45) is 5.73 Å². The Morgan fingerprint density at radius 3 is 2.28 bits per heavy atom. The van der Waals surface area contributed by atoms with Gasteiger partial charge in [0.2, 0.25) is 5.95 Å². The van der Waals surface area contributed by atoms with Gasteiger partial charge in [-0.05, 0) is 62.8 Å². The highest BCUT2D eigenvalue weighted by atomic mass is 35.5. The van der Waals surface area contributed by atoms with E-state index in [4.69, 9.17) is 20.7 Å². The van der Waals surface area contributed by atoms with Gasteiger partial charge in [-0.3, -0.25) is 0 Å². The zero-order chi connectivity index (χ0) is 25.4. The van der Waals surface area contributed by atoms with Gasteiger partial charge >= 0.3 is 0 Å². The van der Waals surface area contributed by atoms with Crippen molar-refractivity contribution in [1.29, 1.82) is 0 Å². The fourth-order valence-corrected chi connectivity index (χ4v) is 8.56. The zero-order valence-corrected chi connectivity index (χ0v) is 25.1. The van der Waals surface area contributed by atoms with Crippen molar-refractivity contribution in [3.05, 3.63) is 23.8 Å². The van der Waals surface area contributed by atoms with Crippen LogP contribution in [0.15, 0.2) is 28.0 Å².